The summed E-state index contributed by atoms with van der Waals surface area (Å²) in [6.07, 6.45) is 1.84. The second-order valence-electron chi connectivity index (χ2n) is 5.81. The molecule has 9 heteroatoms. The molecule has 0 saturated heterocycles. The second kappa shape index (κ2) is 7.63. The molecule has 2 aromatic heterocycles. The third-order valence-corrected chi connectivity index (χ3v) is 5.11. The number of sulfonamides is 1. The molecule has 0 unspecified atom stereocenters. The molecule has 8 nitrogen and oxygen atoms in total. The van der Waals surface area contributed by atoms with E-state index < -0.39 is 10.0 Å². The Morgan fingerprint density at radius 1 is 1.00 bits per heavy atom. The molecule has 0 bridgehead atoms. The van der Waals surface area contributed by atoms with Crippen LogP contribution in [0.1, 0.15) is 16.8 Å². The van der Waals surface area contributed by atoms with E-state index >= 15 is 0 Å². The molecule has 136 valence electrons. The molecule has 0 radical (unpaired) electrons. The van der Waals surface area contributed by atoms with Gasteiger partial charge in [0.05, 0.1) is 11.4 Å². The average molecular weight is 372 g/mol. The van der Waals surface area contributed by atoms with Gasteiger partial charge in [0.25, 0.3) is 0 Å². The van der Waals surface area contributed by atoms with Crippen molar-refractivity contribution >= 4 is 15.8 Å². The van der Waals surface area contributed by atoms with Gasteiger partial charge >= 0.3 is 0 Å². The predicted octanol–water partition coefficient (Wildman–Crippen LogP) is 1.63. The zero-order valence-corrected chi connectivity index (χ0v) is 15.4. The summed E-state index contributed by atoms with van der Waals surface area (Å²) in [5.41, 5.74) is 2.67. The van der Waals surface area contributed by atoms with Crippen LogP contribution in [0, 0.1) is 6.92 Å². The molecule has 2 heterocycles. The van der Waals surface area contributed by atoms with Crippen molar-refractivity contribution in [2.45, 2.75) is 19.2 Å². The summed E-state index contributed by atoms with van der Waals surface area (Å²) in [6, 6.07) is 13.0. The van der Waals surface area contributed by atoms with Gasteiger partial charge in [0, 0.05) is 12.7 Å². The first kappa shape index (κ1) is 18.0. The quantitative estimate of drug-likeness (QED) is 0.654. The first-order valence-corrected chi connectivity index (χ1v) is 9.70. The number of benzene rings is 1. The molecule has 0 saturated carbocycles. The van der Waals surface area contributed by atoms with Gasteiger partial charge in [-0.3, -0.25) is 0 Å². The Kier molecular flexibility index (Phi) is 5.29. The molecule has 3 rings (SSSR count). The topological polar surface area (TPSA) is 102 Å². The highest BCUT2D eigenvalue weighted by atomic mass is 32.2. The van der Waals surface area contributed by atoms with E-state index in [9.17, 15) is 8.42 Å². The number of anilines is 1. The number of aryl methyl sites for hydroxylation is 1. The molecule has 2 N–H and O–H groups in total. The number of hydrogen-bond acceptors (Lipinski definition) is 6. The molecule has 0 amide bonds. The standard InChI is InChI=1S/C17H20N6O2S/c1-13-9-10-23(22-13)17-8-7-16(20-21-17)19-11-14-3-5-15(6-4-14)12-26(24,25)18-2/h3-10,18H,11-12H2,1-2H3,(H,19,20). The Labute approximate surface area is 152 Å². The second-order valence-corrected chi connectivity index (χ2v) is 7.74. The minimum atomic E-state index is -3.26. The van der Waals surface area contributed by atoms with Crippen molar-refractivity contribution in [3.8, 4) is 5.82 Å². The van der Waals surface area contributed by atoms with Crippen molar-refractivity contribution in [1.29, 1.82) is 0 Å². The largest absolute Gasteiger partial charge is 0.365 e. The van der Waals surface area contributed by atoms with Crippen molar-refractivity contribution in [3.05, 3.63) is 65.5 Å². The third kappa shape index (κ3) is 4.64. The van der Waals surface area contributed by atoms with Crippen LogP contribution in [-0.2, 0) is 22.3 Å². The highest BCUT2D eigenvalue weighted by Crippen LogP contribution is 2.11. The third-order valence-electron chi connectivity index (χ3n) is 3.77. The van der Waals surface area contributed by atoms with E-state index in [1.807, 2.05) is 43.5 Å². The Balaban J connectivity index is 1.58. The molecule has 3 aromatic rings. The lowest BCUT2D eigenvalue weighted by Gasteiger charge is -2.07. The highest BCUT2D eigenvalue weighted by Gasteiger charge is 2.08. The van der Waals surface area contributed by atoms with Gasteiger partial charge in [-0.25, -0.2) is 17.8 Å². The molecule has 0 aliphatic heterocycles. The number of nitrogens with one attached hydrogen (secondary N) is 2. The summed E-state index contributed by atoms with van der Waals surface area (Å²) < 4.78 is 27.1. The van der Waals surface area contributed by atoms with Crippen LogP contribution in [0.3, 0.4) is 0 Å². The smallest absolute Gasteiger partial charge is 0.215 e. The molecule has 1 aromatic carbocycles. The molecule has 0 spiro atoms. The van der Waals surface area contributed by atoms with Crippen LogP contribution in [0.15, 0.2) is 48.7 Å². The fraction of sp³-hybridized carbons (Fsp3) is 0.235. The van der Waals surface area contributed by atoms with E-state index in [0.717, 1.165) is 16.8 Å². The van der Waals surface area contributed by atoms with Gasteiger partial charge in [0.15, 0.2) is 5.82 Å². The maximum absolute atomic E-state index is 11.6. The monoisotopic (exact) mass is 372 g/mol. The summed E-state index contributed by atoms with van der Waals surface area (Å²) in [7, 11) is -1.85. The van der Waals surface area contributed by atoms with Crippen molar-refractivity contribution in [2.75, 3.05) is 12.4 Å². The summed E-state index contributed by atoms with van der Waals surface area (Å²) in [5, 5.41) is 15.8. The minimum absolute atomic E-state index is 0.0307. The normalized spacial score (nSPS) is 11.5. The zero-order chi connectivity index (χ0) is 18.6. The van der Waals surface area contributed by atoms with Crippen LogP contribution in [0.5, 0.6) is 0 Å². The van der Waals surface area contributed by atoms with Gasteiger partial charge < -0.3 is 5.32 Å². The van der Waals surface area contributed by atoms with Crippen LogP contribution in [0.4, 0.5) is 5.82 Å². The average Bonchev–Trinajstić information content (AvgIpc) is 3.08. The van der Waals surface area contributed by atoms with Crippen LogP contribution in [0.2, 0.25) is 0 Å². The Morgan fingerprint density at radius 2 is 1.73 bits per heavy atom. The van der Waals surface area contributed by atoms with E-state index in [-0.39, 0.29) is 5.75 Å². The van der Waals surface area contributed by atoms with Crippen LogP contribution in [0.25, 0.3) is 5.82 Å². The van der Waals surface area contributed by atoms with E-state index in [1.165, 1.54) is 7.05 Å². The van der Waals surface area contributed by atoms with Gasteiger partial charge in [-0.1, -0.05) is 24.3 Å². The van der Waals surface area contributed by atoms with Crippen LogP contribution in [-0.4, -0.2) is 35.4 Å². The number of hydrogen-bond donors (Lipinski definition) is 2. The van der Waals surface area contributed by atoms with Crippen molar-refractivity contribution < 1.29 is 8.42 Å². The van der Waals surface area contributed by atoms with Crippen molar-refractivity contribution in [2.24, 2.45) is 0 Å². The van der Waals surface area contributed by atoms with E-state index in [2.05, 4.69) is 25.3 Å². The summed E-state index contributed by atoms with van der Waals surface area (Å²) in [5.74, 6) is 1.27. The van der Waals surface area contributed by atoms with Crippen LogP contribution < -0.4 is 10.0 Å². The predicted molar refractivity (Wildman–Crippen MR) is 99.3 cm³/mol. The lowest BCUT2D eigenvalue weighted by molar-refractivity contribution is 0.587. The van der Waals surface area contributed by atoms with Crippen molar-refractivity contribution in [3.63, 3.8) is 0 Å². The molecule has 0 fully saturated rings. The summed E-state index contributed by atoms with van der Waals surface area (Å²) in [6.45, 7) is 2.48. The Hall–Kier alpha value is -2.78. The first-order chi connectivity index (χ1) is 12.4. The first-order valence-electron chi connectivity index (χ1n) is 8.04. The molecular weight excluding hydrogens is 352 g/mol. The van der Waals surface area contributed by atoms with Crippen LogP contribution >= 0.6 is 0 Å². The molecule has 0 atom stereocenters. The lowest BCUT2D eigenvalue weighted by Crippen LogP contribution is -2.20. The van der Waals surface area contributed by atoms with Gasteiger partial charge in [0.2, 0.25) is 10.0 Å². The maximum atomic E-state index is 11.6. The van der Waals surface area contributed by atoms with Gasteiger partial charge in [-0.05, 0) is 43.3 Å². The Morgan fingerprint density at radius 3 is 2.31 bits per heavy atom. The summed E-state index contributed by atoms with van der Waals surface area (Å²) in [4.78, 5) is 0. The SMILES string of the molecule is CNS(=O)(=O)Cc1ccc(CNc2ccc(-n3ccc(C)n3)nn2)cc1. The van der Waals surface area contributed by atoms with Gasteiger partial charge in [-0.2, -0.15) is 5.10 Å². The molecular formula is C17H20N6O2S. The maximum Gasteiger partial charge on any atom is 0.215 e. The fourth-order valence-electron chi connectivity index (χ4n) is 2.32. The van der Waals surface area contributed by atoms with E-state index in [4.69, 9.17) is 0 Å². The molecule has 0 aliphatic carbocycles. The zero-order valence-electron chi connectivity index (χ0n) is 14.5. The molecule has 26 heavy (non-hydrogen) atoms. The van der Waals surface area contributed by atoms with Crippen molar-refractivity contribution in [1.82, 2.24) is 24.7 Å². The number of rotatable bonds is 7. The molecule has 0 aliphatic rings. The minimum Gasteiger partial charge on any atom is -0.365 e. The lowest BCUT2D eigenvalue weighted by atomic mass is 10.1. The summed E-state index contributed by atoms with van der Waals surface area (Å²) >= 11 is 0. The van der Waals surface area contributed by atoms with E-state index in [1.54, 1.807) is 16.8 Å². The van der Waals surface area contributed by atoms with Gasteiger partial charge in [-0.15, -0.1) is 10.2 Å². The number of aromatic nitrogens is 4. The fourth-order valence-corrected chi connectivity index (χ4v) is 3.10. The van der Waals surface area contributed by atoms with E-state index in [0.29, 0.717) is 18.2 Å². The Bertz CT molecular complexity index is 965. The number of nitrogens with zero attached hydrogens (tertiary/aromatic N) is 4. The highest BCUT2D eigenvalue weighted by molar-refractivity contribution is 7.88. The van der Waals surface area contributed by atoms with Gasteiger partial charge in [0.1, 0.15) is 5.82 Å².